The predicted octanol–water partition coefficient (Wildman–Crippen LogP) is 3.36. The number of guanidine groups is 1. The lowest BCUT2D eigenvalue weighted by molar-refractivity contribution is 0.0657. The van der Waals surface area contributed by atoms with Crippen LogP contribution in [0.5, 0.6) is 0 Å². The van der Waals surface area contributed by atoms with Gasteiger partial charge in [-0.05, 0) is 41.5 Å². The minimum absolute atomic E-state index is 0.0484. The average Bonchev–Trinajstić information content (AvgIpc) is 3.31. The van der Waals surface area contributed by atoms with Gasteiger partial charge in [-0.3, -0.25) is 4.79 Å². The number of hydrogen-bond acceptors (Lipinski definition) is 3. The molecule has 1 saturated heterocycles. The Balaban J connectivity index is 1.41. The summed E-state index contributed by atoms with van der Waals surface area (Å²) in [5.41, 5.74) is 1.19. The van der Waals surface area contributed by atoms with Crippen molar-refractivity contribution in [1.29, 1.82) is 0 Å². The molecular formula is C23H26N4O2. The second kappa shape index (κ2) is 8.82. The summed E-state index contributed by atoms with van der Waals surface area (Å²) in [7, 11) is 0. The lowest BCUT2D eigenvalue weighted by Gasteiger charge is -2.36. The Morgan fingerprint density at radius 1 is 1.00 bits per heavy atom. The highest BCUT2D eigenvalue weighted by Gasteiger charge is 2.25. The third-order valence-electron chi connectivity index (χ3n) is 5.16. The van der Waals surface area contributed by atoms with Crippen LogP contribution >= 0.6 is 0 Å². The Bertz CT molecular complexity index is 989. The van der Waals surface area contributed by atoms with E-state index in [4.69, 9.17) is 9.41 Å². The van der Waals surface area contributed by atoms with E-state index in [0.29, 0.717) is 25.4 Å². The number of piperazine rings is 1. The Labute approximate surface area is 170 Å². The molecule has 1 fully saturated rings. The maximum atomic E-state index is 12.4. The van der Waals surface area contributed by atoms with Crippen molar-refractivity contribution >= 4 is 22.6 Å². The van der Waals surface area contributed by atoms with Crippen molar-refractivity contribution in [2.75, 3.05) is 32.7 Å². The standard InChI is InChI=1S/C23H26N4O2/c1-2-24-23(25-17-18-9-10-19-6-3-4-7-20(19)16-18)27-13-11-26(12-14-27)22(28)21-8-5-15-29-21/h3-10,15-16H,2,11-14,17H2,1H3,(H,24,25). The highest BCUT2D eigenvalue weighted by molar-refractivity contribution is 5.91. The number of fused-ring (bicyclic) bond motifs is 1. The molecule has 4 rings (SSSR count). The van der Waals surface area contributed by atoms with Crippen LogP contribution in [0.15, 0.2) is 70.3 Å². The molecule has 1 N–H and O–H groups in total. The quantitative estimate of drug-likeness (QED) is 0.548. The Morgan fingerprint density at radius 2 is 1.76 bits per heavy atom. The van der Waals surface area contributed by atoms with Gasteiger partial charge in [0, 0.05) is 32.7 Å². The largest absolute Gasteiger partial charge is 0.459 e. The molecule has 1 amide bonds. The summed E-state index contributed by atoms with van der Waals surface area (Å²) >= 11 is 0. The second-order valence-electron chi connectivity index (χ2n) is 7.11. The fraction of sp³-hybridized carbons (Fsp3) is 0.304. The average molecular weight is 390 g/mol. The van der Waals surface area contributed by atoms with E-state index in [9.17, 15) is 4.79 Å². The number of nitrogens with zero attached hydrogens (tertiary/aromatic N) is 3. The molecule has 0 aliphatic carbocycles. The number of carbonyl (C=O) groups is 1. The highest BCUT2D eigenvalue weighted by Crippen LogP contribution is 2.16. The Morgan fingerprint density at radius 3 is 2.48 bits per heavy atom. The van der Waals surface area contributed by atoms with Crippen LogP contribution in [0.3, 0.4) is 0 Å². The zero-order chi connectivity index (χ0) is 20.1. The maximum Gasteiger partial charge on any atom is 0.289 e. The fourth-order valence-corrected chi connectivity index (χ4v) is 3.61. The molecule has 150 valence electrons. The number of carbonyl (C=O) groups excluding carboxylic acids is 1. The minimum Gasteiger partial charge on any atom is -0.459 e. The monoisotopic (exact) mass is 390 g/mol. The molecule has 2 aromatic carbocycles. The summed E-state index contributed by atoms with van der Waals surface area (Å²) in [6, 6.07) is 18.3. The van der Waals surface area contributed by atoms with E-state index in [-0.39, 0.29) is 5.91 Å². The lowest BCUT2D eigenvalue weighted by Crippen LogP contribution is -2.53. The van der Waals surface area contributed by atoms with E-state index in [1.807, 2.05) is 4.90 Å². The molecule has 0 bridgehead atoms. The number of hydrogen-bond donors (Lipinski definition) is 1. The van der Waals surface area contributed by atoms with Crippen LogP contribution in [-0.2, 0) is 6.54 Å². The summed E-state index contributed by atoms with van der Waals surface area (Å²) in [6.07, 6.45) is 1.53. The van der Waals surface area contributed by atoms with Gasteiger partial charge in [0.25, 0.3) is 5.91 Å². The van der Waals surface area contributed by atoms with E-state index in [0.717, 1.165) is 25.6 Å². The molecule has 0 atom stereocenters. The van der Waals surface area contributed by atoms with Gasteiger partial charge in [0.2, 0.25) is 0 Å². The molecule has 0 radical (unpaired) electrons. The van der Waals surface area contributed by atoms with Crippen LogP contribution in [0.4, 0.5) is 0 Å². The van der Waals surface area contributed by atoms with Crippen molar-refractivity contribution in [3.05, 3.63) is 72.2 Å². The first-order chi connectivity index (χ1) is 14.2. The number of nitrogens with one attached hydrogen (secondary N) is 1. The number of rotatable bonds is 4. The topological polar surface area (TPSA) is 61.1 Å². The zero-order valence-electron chi connectivity index (χ0n) is 16.7. The van der Waals surface area contributed by atoms with Crippen molar-refractivity contribution < 1.29 is 9.21 Å². The van der Waals surface area contributed by atoms with E-state index in [1.165, 1.54) is 22.6 Å². The van der Waals surface area contributed by atoms with Gasteiger partial charge in [0.05, 0.1) is 12.8 Å². The van der Waals surface area contributed by atoms with E-state index >= 15 is 0 Å². The molecule has 3 aromatic rings. The van der Waals surface area contributed by atoms with Gasteiger partial charge in [-0.25, -0.2) is 4.99 Å². The van der Waals surface area contributed by atoms with Crippen molar-refractivity contribution in [3.8, 4) is 0 Å². The van der Waals surface area contributed by atoms with E-state index < -0.39 is 0 Å². The smallest absolute Gasteiger partial charge is 0.289 e. The maximum absolute atomic E-state index is 12.4. The Kier molecular flexibility index (Phi) is 5.79. The Hall–Kier alpha value is -3.28. The molecule has 1 aliphatic rings. The molecular weight excluding hydrogens is 364 g/mol. The normalized spacial score (nSPS) is 15.0. The lowest BCUT2D eigenvalue weighted by atomic mass is 10.1. The number of aliphatic imine (C=N–C) groups is 1. The molecule has 6 heteroatoms. The fourth-order valence-electron chi connectivity index (χ4n) is 3.61. The van der Waals surface area contributed by atoms with Crippen LogP contribution in [-0.4, -0.2) is 54.4 Å². The van der Waals surface area contributed by atoms with Crippen LogP contribution in [0.2, 0.25) is 0 Å². The van der Waals surface area contributed by atoms with Gasteiger partial charge >= 0.3 is 0 Å². The summed E-state index contributed by atoms with van der Waals surface area (Å²) < 4.78 is 5.24. The third-order valence-corrected chi connectivity index (χ3v) is 5.16. The van der Waals surface area contributed by atoms with Gasteiger partial charge in [-0.2, -0.15) is 0 Å². The summed E-state index contributed by atoms with van der Waals surface area (Å²) in [5, 5.41) is 5.86. The van der Waals surface area contributed by atoms with Gasteiger partial charge < -0.3 is 19.5 Å². The van der Waals surface area contributed by atoms with E-state index in [2.05, 4.69) is 59.6 Å². The van der Waals surface area contributed by atoms with Crippen LogP contribution < -0.4 is 5.32 Å². The minimum atomic E-state index is -0.0484. The first-order valence-electron chi connectivity index (χ1n) is 10.1. The molecule has 0 saturated carbocycles. The second-order valence-corrected chi connectivity index (χ2v) is 7.11. The highest BCUT2D eigenvalue weighted by atomic mass is 16.3. The molecule has 1 aliphatic heterocycles. The van der Waals surface area contributed by atoms with Gasteiger partial charge in [0.1, 0.15) is 0 Å². The predicted molar refractivity (Wildman–Crippen MR) is 115 cm³/mol. The number of amides is 1. The first kappa shape index (κ1) is 19.1. The summed E-state index contributed by atoms with van der Waals surface area (Å²) in [6.45, 7) is 6.30. The van der Waals surface area contributed by atoms with Gasteiger partial charge in [0.15, 0.2) is 11.7 Å². The number of benzene rings is 2. The van der Waals surface area contributed by atoms with Gasteiger partial charge in [-0.1, -0.05) is 36.4 Å². The SMILES string of the molecule is CCNC(=NCc1ccc2ccccc2c1)N1CCN(C(=O)c2ccco2)CC1. The molecule has 2 heterocycles. The van der Waals surface area contributed by atoms with Crippen LogP contribution in [0.25, 0.3) is 10.8 Å². The molecule has 0 spiro atoms. The van der Waals surface area contributed by atoms with Gasteiger partial charge in [-0.15, -0.1) is 0 Å². The van der Waals surface area contributed by atoms with Crippen LogP contribution in [0.1, 0.15) is 23.0 Å². The molecule has 0 unspecified atom stereocenters. The zero-order valence-corrected chi connectivity index (χ0v) is 16.7. The first-order valence-corrected chi connectivity index (χ1v) is 10.1. The van der Waals surface area contributed by atoms with Crippen molar-refractivity contribution in [1.82, 2.24) is 15.1 Å². The summed E-state index contributed by atoms with van der Waals surface area (Å²) in [4.78, 5) is 21.3. The van der Waals surface area contributed by atoms with E-state index in [1.54, 1.807) is 12.1 Å². The molecule has 6 nitrogen and oxygen atoms in total. The number of furan rings is 1. The van der Waals surface area contributed by atoms with Crippen molar-refractivity contribution in [2.45, 2.75) is 13.5 Å². The summed E-state index contributed by atoms with van der Waals surface area (Å²) in [5.74, 6) is 1.24. The van der Waals surface area contributed by atoms with Crippen molar-refractivity contribution in [3.63, 3.8) is 0 Å². The third kappa shape index (κ3) is 4.42. The molecule has 1 aromatic heterocycles. The van der Waals surface area contributed by atoms with Crippen LogP contribution in [0, 0.1) is 0 Å². The van der Waals surface area contributed by atoms with Crippen molar-refractivity contribution in [2.24, 2.45) is 4.99 Å². The molecule has 29 heavy (non-hydrogen) atoms.